The maximum Gasteiger partial charge on any atom is 0.407 e. The summed E-state index contributed by atoms with van der Waals surface area (Å²) in [5, 5.41) is 13.4. The number of carboxylic acid groups (broad SMARTS) is 1. The van der Waals surface area contributed by atoms with Crippen molar-refractivity contribution in [3.8, 4) is 0 Å². The minimum absolute atomic E-state index is 0.461. The SMILES string of the molecule is O=C(O)N1CCN(c2ccc(Nc3ncc4c5sncc5n(C5CCCC5)c4n3)nc2)CC1. The van der Waals surface area contributed by atoms with Gasteiger partial charge in [-0.2, -0.15) is 9.36 Å². The van der Waals surface area contributed by atoms with Crippen LogP contribution in [0.25, 0.3) is 21.3 Å². The van der Waals surface area contributed by atoms with Gasteiger partial charge in [0.15, 0.2) is 0 Å². The number of carbonyl (C=O) groups is 1. The van der Waals surface area contributed by atoms with E-state index in [9.17, 15) is 4.79 Å². The standard InChI is InChI=1S/C22H24N8O2S/c31-22(32)29-9-7-28(8-10-29)15-5-6-18(23-11-15)26-21-24-12-16-19-17(13-25-33-19)30(20(16)27-21)14-3-1-2-4-14/h5-6,11-14H,1-4,7-10H2,(H,31,32)(H,23,24,26,27). The van der Waals surface area contributed by atoms with E-state index in [1.165, 1.54) is 42.1 Å². The van der Waals surface area contributed by atoms with Crippen molar-refractivity contribution >= 4 is 56.3 Å². The number of pyridine rings is 1. The molecule has 1 aliphatic heterocycles. The lowest BCUT2D eigenvalue weighted by atomic mass is 10.2. The van der Waals surface area contributed by atoms with Gasteiger partial charge in [-0.25, -0.2) is 14.8 Å². The third-order valence-corrected chi connectivity index (χ3v) is 7.47. The molecule has 2 fully saturated rings. The number of fused-ring (bicyclic) bond motifs is 3. The van der Waals surface area contributed by atoms with E-state index < -0.39 is 6.09 Å². The van der Waals surface area contributed by atoms with E-state index in [2.05, 4.69) is 29.1 Å². The Bertz CT molecular complexity index is 1300. The smallest absolute Gasteiger partial charge is 0.407 e. The second kappa shape index (κ2) is 8.14. The van der Waals surface area contributed by atoms with Crippen molar-refractivity contribution < 1.29 is 9.90 Å². The molecule has 1 saturated heterocycles. The molecular formula is C22H24N8O2S. The van der Waals surface area contributed by atoms with E-state index in [0.717, 1.165) is 26.9 Å². The molecule has 0 aromatic carbocycles. The molecule has 1 saturated carbocycles. The van der Waals surface area contributed by atoms with Gasteiger partial charge in [0.2, 0.25) is 5.95 Å². The lowest BCUT2D eigenvalue weighted by Gasteiger charge is -2.34. The maximum atomic E-state index is 11.1. The number of amides is 1. The molecule has 5 heterocycles. The van der Waals surface area contributed by atoms with E-state index in [4.69, 9.17) is 10.1 Å². The summed E-state index contributed by atoms with van der Waals surface area (Å²) in [7, 11) is 0. The lowest BCUT2D eigenvalue weighted by molar-refractivity contribution is 0.142. The Kier molecular flexibility index (Phi) is 4.97. The predicted molar refractivity (Wildman–Crippen MR) is 128 cm³/mol. The van der Waals surface area contributed by atoms with Gasteiger partial charge in [0.25, 0.3) is 0 Å². The van der Waals surface area contributed by atoms with Crippen molar-refractivity contribution in [2.45, 2.75) is 31.7 Å². The number of hydrogen-bond acceptors (Lipinski definition) is 8. The van der Waals surface area contributed by atoms with E-state index >= 15 is 0 Å². The Morgan fingerprint density at radius 2 is 1.88 bits per heavy atom. The highest BCUT2D eigenvalue weighted by atomic mass is 32.1. The molecule has 1 aliphatic carbocycles. The van der Waals surface area contributed by atoms with Crippen LogP contribution in [-0.2, 0) is 0 Å². The van der Waals surface area contributed by atoms with Crippen LogP contribution in [0.5, 0.6) is 0 Å². The van der Waals surface area contributed by atoms with Crippen LogP contribution in [0.1, 0.15) is 31.7 Å². The third kappa shape index (κ3) is 3.62. The fourth-order valence-electron chi connectivity index (χ4n) is 4.93. The maximum absolute atomic E-state index is 11.1. The summed E-state index contributed by atoms with van der Waals surface area (Å²) < 4.78 is 7.89. The summed E-state index contributed by atoms with van der Waals surface area (Å²) in [5.41, 5.74) is 3.08. The molecule has 33 heavy (non-hydrogen) atoms. The zero-order valence-corrected chi connectivity index (χ0v) is 18.8. The second-order valence-corrected chi connectivity index (χ2v) is 9.36. The minimum Gasteiger partial charge on any atom is -0.465 e. The van der Waals surface area contributed by atoms with Gasteiger partial charge in [0.1, 0.15) is 11.5 Å². The van der Waals surface area contributed by atoms with Crippen LogP contribution in [0.15, 0.2) is 30.7 Å². The van der Waals surface area contributed by atoms with Gasteiger partial charge in [-0.05, 0) is 36.5 Å². The molecule has 0 bridgehead atoms. The minimum atomic E-state index is -0.862. The first-order chi connectivity index (χ1) is 16.2. The van der Waals surface area contributed by atoms with E-state index in [-0.39, 0.29) is 0 Å². The van der Waals surface area contributed by atoms with Crippen molar-refractivity contribution in [2.24, 2.45) is 0 Å². The molecule has 170 valence electrons. The van der Waals surface area contributed by atoms with Crippen molar-refractivity contribution in [3.05, 3.63) is 30.7 Å². The van der Waals surface area contributed by atoms with Crippen LogP contribution in [0.2, 0.25) is 0 Å². The molecule has 0 spiro atoms. The van der Waals surface area contributed by atoms with Crippen LogP contribution in [0, 0.1) is 0 Å². The number of rotatable bonds is 4. The molecule has 0 atom stereocenters. The second-order valence-electron chi connectivity index (χ2n) is 8.56. The summed E-state index contributed by atoms with van der Waals surface area (Å²) in [4.78, 5) is 28.6. The Labute approximate surface area is 194 Å². The molecule has 4 aromatic heterocycles. The van der Waals surface area contributed by atoms with E-state index in [1.807, 2.05) is 24.5 Å². The average Bonchev–Trinajstić information content (AvgIpc) is 3.57. The van der Waals surface area contributed by atoms with Gasteiger partial charge in [-0.1, -0.05) is 12.8 Å². The highest BCUT2D eigenvalue weighted by molar-refractivity contribution is 7.14. The first-order valence-corrected chi connectivity index (χ1v) is 12.0. The fourth-order valence-corrected chi connectivity index (χ4v) is 5.68. The van der Waals surface area contributed by atoms with Crippen LogP contribution in [-0.4, -0.2) is 66.2 Å². The summed E-state index contributed by atoms with van der Waals surface area (Å²) in [6.07, 6.45) is 9.62. The third-order valence-electron chi connectivity index (χ3n) is 6.65. The Balaban J connectivity index is 1.23. The number of aromatic nitrogens is 5. The molecule has 11 heteroatoms. The predicted octanol–water partition coefficient (Wildman–Crippen LogP) is 4.09. The largest absolute Gasteiger partial charge is 0.465 e. The summed E-state index contributed by atoms with van der Waals surface area (Å²) in [5.74, 6) is 1.19. The normalized spacial score (nSPS) is 17.3. The molecule has 0 unspecified atom stereocenters. The van der Waals surface area contributed by atoms with E-state index in [1.54, 1.807) is 6.20 Å². The van der Waals surface area contributed by atoms with Crippen LogP contribution < -0.4 is 10.2 Å². The van der Waals surface area contributed by atoms with Gasteiger partial charge in [-0.3, -0.25) is 0 Å². The highest BCUT2D eigenvalue weighted by Gasteiger charge is 2.24. The first-order valence-electron chi connectivity index (χ1n) is 11.2. The zero-order chi connectivity index (χ0) is 22.4. The zero-order valence-electron chi connectivity index (χ0n) is 18.0. The van der Waals surface area contributed by atoms with Crippen molar-refractivity contribution in [1.29, 1.82) is 0 Å². The number of piperazine rings is 1. The van der Waals surface area contributed by atoms with Crippen molar-refractivity contribution in [1.82, 2.24) is 28.8 Å². The monoisotopic (exact) mass is 464 g/mol. The molecular weight excluding hydrogens is 440 g/mol. The summed E-state index contributed by atoms with van der Waals surface area (Å²) in [6.45, 7) is 2.31. The fraction of sp³-hybridized carbons (Fsp3) is 0.409. The number of nitrogens with zero attached hydrogens (tertiary/aromatic N) is 7. The average molecular weight is 465 g/mol. The van der Waals surface area contributed by atoms with Gasteiger partial charge < -0.3 is 24.8 Å². The molecule has 10 nitrogen and oxygen atoms in total. The van der Waals surface area contributed by atoms with Crippen LogP contribution in [0.3, 0.4) is 0 Å². The molecule has 1 amide bonds. The molecule has 6 rings (SSSR count). The Hall–Kier alpha value is -3.47. The first kappa shape index (κ1) is 20.2. The van der Waals surface area contributed by atoms with Crippen LogP contribution >= 0.6 is 11.5 Å². The van der Waals surface area contributed by atoms with Crippen molar-refractivity contribution in [3.63, 3.8) is 0 Å². The van der Waals surface area contributed by atoms with Gasteiger partial charge >= 0.3 is 6.09 Å². The number of anilines is 3. The van der Waals surface area contributed by atoms with Gasteiger partial charge in [0.05, 0.1) is 33.7 Å². The van der Waals surface area contributed by atoms with Gasteiger partial charge in [-0.15, -0.1) is 0 Å². The quantitative estimate of drug-likeness (QED) is 0.464. The molecule has 0 radical (unpaired) electrons. The Morgan fingerprint density at radius 1 is 1.06 bits per heavy atom. The van der Waals surface area contributed by atoms with Crippen molar-refractivity contribution in [2.75, 3.05) is 36.4 Å². The lowest BCUT2D eigenvalue weighted by Crippen LogP contribution is -2.48. The summed E-state index contributed by atoms with van der Waals surface area (Å²) in [6, 6.07) is 4.36. The number of nitrogens with one attached hydrogen (secondary N) is 1. The topological polar surface area (TPSA) is 112 Å². The van der Waals surface area contributed by atoms with Crippen LogP contribution in [0.4, 0.5) is 22.2 Å². The molecule has 2 aliphatic rings. The summed E-state index contributed by atoms with van der Waals surface area (Å²) >= 11 is 1.50. The number of hydrogen-bond donors (Lipinski definition) is 2. The Morgan fingerprint density at radius 3 is 2.61 bits per heavy atom. The van der Waals surface area contributed by atoms with Gasteiger partial charge in [0, 0.05) is 38.4 Å². The highest BCUT2D eigenvalue weighted by Crippen LogP contribution is 2.39. The van der Waals surface area contributed by atoms with E-state index in [0.29, 0.717) is 44.0 Å². The molecule has 4 aromatic rings. The molecule has 2 N–H and O–H groups in total.